The van der Waals surface area contributed by atoms with E-state index in [9.17, 15) is 19.6 Å². The van der Waals surface area contributed by atoms with Gasteiger partial charge in [0, 0.05) is 12.6 Å². The molecule has 1 heterocycles. The van der Waals surface area contributed by atoms with Crippen LogP contribution >= 0.6 is 0 Å². The highest BCUT2D eigenvalue weighted by Crippen LogP contribution is 2.33. The van der Waals surface area contributed by atoms with Crippen LogP contribution in [0.1, 0.15) is 51.4 Å². The number of carbonyl (C=O) groups is 3. The molecule has 144 valence electrons. The molecule has 2 N–H and O–H groups in total. The molecule has 0 bridgehead atoms. The number of amides is 3. The van der Waals surface area contributed by atoms with Crippen LogP contribution in [0.3, 0.4) is 0 Å². The number of nitrogens with one attached hydrogen (secondary N) is 1. The van der Waals surface area contributed by atoms with Crippen LogP contribution in [0.25, 0.3) is 0 Å². The predicted octanol–water partition coefficient (Wildman–Crippen LogP) is 1.47. The summed E-state index contributed by atoms with van der Waals surface area (Å²) in [6.07, 6.45) is 7.93. The van der Waals surface area contributed by atoms with Gasteiger partial charge in [-0.05, 0) is 31.6 Å². The van der Waals surface area contributed by atoms with E-state index in [0.29, 0.717) is 36.8 Å². The minimum absolute atomic E-state index is 0.0290. The number of hydrogen-bond donors (Lipinski definition) is 2. The third-order valence-corrected chi connectivity index (χ3v) is 5.73. The van der Waals surface area contributed by atoms with Gasteiger partial charge in [-0.25, -0.2) is 5.06 Å². The second-order valence-corrected chi connectivity index (χ2v) is 8.03. The van der Waals surface area contributed by atoms with Crippen LogP contribution in [0, 0.1) is 11.8 Å². The summed E-state index contributed by atoms with van der Waals surface area (Å²) in [7, 11) is 0. The van der Waals surface area contributed by atoms with Crippen molar-refractivity contribution < 1.29 is 19.6 Å². The highest BCUT2D eigenvalue weighted by molar-refractivity contribution is 5.90. The molecule has 0 aromatic heterocycles. The van der Waals surface area contributed by atoms with Crippen LogP contribution in [0.2, 0.25) is 0 Å². The van der Waals surface area contributed by atoms with Gasteiger partial charge in [0.25, 0.3) is 0 Å². The molecule has 0 spiro atoms. The van der Waals surface area contributed by atoms with Crippen LogP contribution < -0.4 is 5.32 Å². The summed E-state index contributed by atoms with van der Waals surface area (Å²) < 4.78 is 0. The Bertz CT molecular complexity index is 569. The van der Waals surface area contributed by atoms with Gasteiger partial charge in [-0.3, -0.25) is 19.6 Å². The lowest BCUT2D eigenvalue weighted by Gasteiger charge is -2.30. The summed E-state index contributed by atoms with van der Waals surface area (Å²) in [5.41, 5.74) is 0.866. The normalized spacial score (nSPS) is 24.6. The van der Waals surface area contributed by atoms with E-state index in [0.717, 1.165) is 44.1 Å². The molecule has 3 fully saturated rings. The molecule has 3 aliphatic rings. The van der Waals surface area contributed by atoms with Gasteiger partial charge in [-0.1, -0.05) is 37.8 Å². The van der Waals surface area contributed by atoms with Crippen LogP contribution in [0.5, 0.6) is 0 Å². The first-order valence-electron chi connectivity index (χ1n) is 9.66. The zero-order valence-electron chi connectivity index (χ0n) is 15.2. The molecular formula is C19H29N3O4. The Labute approximate surface area is 154 Å². The molecule has 7 heteroatoms. The van der Waals surface area contributed by atoms with Gasteiger partial charge in [0.15, 0.2) is 0 Å². The van der Waals surface area contributed by atoms with Crippen molar-refractivity contribution in [3.05, 3.63) is 12.2 Å². The lowest BCUT2D eigenvalue weighted by Crippen LogP contribution is -2.50. The maximum absolute atomic E-state index is 13.2. The fraction of sp³-hybridized carbons (Fsp3) is 0.737. The second kappa shape index (κ2) is 8.20. The number of hydroxylamine groups is 2. The highest BCUT2D eigenvalue weighted by atomic mass is 16.5. The molecule has 2 atom stereocenters. The van der Waals surface area contributed by atoms with Crippen molar-refractivity contribution in [2.24, 2.45) is 11.8 Å². The first kappa shape index (κ1) is 18.9. The van der Waals surface area contributed by atoms with Crippen LogP contribution in [0.15, 0.2) is 12.2 Å². The van der Waals surface area contributed by atoms with E-state index >= 15 is 0 Å². The summed E-state index contributed by atoms with van der Waals surface area (Å²) in [5, 5.41) is 13.2. The molecule has 0 radical (unpaired) electrons. The van der Waals surface area contributed by atoms with E-state index in [1.165, 1.54) is 0 Å². The second-order valence-electron chi connectivity index (χ2n) is 8.03. The maximum atomic E-state index is 13.2. The first-order valence-corrected chi connectivity index (χ1v) is 9.66. The number of hydrogen-bond acceptors (Lipinski definition) is 4. The summed E-state index contributed by atoms with van der Waals surface area (Å²) >= 11 is 0. The average molecular weight is 363 g/mol. The topological polar surface area (TPSA) is 90.0 Å². The SMILES string of the molecule is C=C1C[C@@H](C(=O)NC2CC2)N(C(=O)[C@H](CC2CCCC2)CN(O)C=O)C1. The van der Waals surface area contributed by atoms with Crippen LogP contribution in [0.4, 0.5) is 0 Å². The number of nitrogens with zero attached hydrogens (tertiary/aromatic N) is 2. The lowest BCUT2D eigenvalue weighted by molar-refractivity contribution is -0.158. The largest absolute Gasteiger partial charge is 0.352 e. The van der Waals surface area contributed by atoms with Crippen molar-refractivity contribution in [1.82, 2.24) is 15.3 Å². The van der Waals surface area contributed by atoms with Gasteiger partial charge in [-0.2, -0.15) is 0 Å². The Morgan fingerprint density at radius 1 is 1.31 bits per heavy atom. The van der Waals surface area contributed by atoms with E-state index < -0.39 is 12.0 Å². The highest BCUT2D eigenvalue weighted by Gasteiger charge is 2.41. The third kappa shape index (κ3) is 4.63. The Morgan fingerprint density at radius 3 is 2.62 bits per heavy atom. The summed E-state index contributed by atoms with van der Waals surface area (Å²) in [6, 6.07) is -0.282. The molecule has 3 rings (SSSR count). The Morgan fingerprint density at radius 2 is 2.00 bits per heavy atom. The molecule has 2 aliphatic carbocycles. The molecule has 0 aromatic carbocycles. The third-order valence-electron chi connectivity index (χ3n) is 5.73. The summed E-state index contributed by atoms with van der Waals surface area (Å²) in [4.78, 5) is 38.2. The molecule has 26 heavy (non-hydrogen) atoms. The van der Waals surface area contributed by atoms with Crippen molar-refractivity contribution in [2.75, 3.05) is 13.1 Å². The molecule has 0 unspecified atom stereocenters. The van der Waals surface area contributed by atoms with Gasteiger partial charge in [0.1, 0.15) is 6.04 Å². The van der Waals surface area contributed by atoms with Crippen molar-refractivity contribution >= 4 is 18.2 Å². The summed E-state index contributed by atoms with van der Waals surface area (Å²) in [6.45, 7) is 4.31. The van der Waals surface area contributed by atoms with E-state index in [-0.39, 0.29) is 24.4 Å². The molecular weight excluding hydrogens is 334 g/mol. The van der Waals surface area contributed by atoms with E-state index in [1.54, 1.807) is 4.90 Å². The Kier molecular flexibility index (Phi) is 5.96. The molecule has 1 aliphatic heterocycles. The van der Waals surface area contributed by atoms with Gasteiger partial charge in [0.2, 0.25) is 18.2 Å². The number of likely N-dealkylation sites (tertiary alicyclic amines) is 1. The van der Waals surface area contributed by atoms with Crippen LogP contribution in [-0.4, -0.2) is 58.6 Å². The first-order chi connectivity index (χ1) is 12.5. The van der Waals surface area contributed by atoms with Gasteiger partial charge in [-0.15, -0.1) is 0 Å². The van der Waals surface area contributed by atoms with Gasteiger partial charge in [0.05, 0.1) is 12.5 Å². The summed E-state index contributed by atoms with van der Waals surface area (Å²) in [5.74, 6) is -0.327. The minimum atomic E-state index is -0.523. The Balaban J connectivity index is 1.70. The average Bonchev–Trinajstić information content (AvgIpc) is 3.11. The predicted molar refractivity (Wildman–Crippen MR) is 95.0 cm³/mol. The quantitative estimate of drug-likeness (QED) is 0.296. The van der Waals surface area contributed by atoms with E-state index in [2.05, 4.69) is 11.9 Å². The molecule has 1 saturated heterocycles. The lowest BCUT2D eigenvalue weighted by atomic mass is 9.91. The van der Waals surface area contributed by atoms with Crippen LogP contribution in [-0.2, 0) is 14.4 Å². The van der Waals surface area contributed by atoms with Crippen molar-refractivity contribution in [1.29, 1.82) is 0 Å². The minimum Gasteiger partial charge on any atom is -0.352 e. The van der Waals surface area contributed by atoms with Gasteiger partial charge >= 0.3 is 0 Å². The van der Waals surface area contributed by atoms with E-state index in [4.69, 9.17) is 0 Å². The molecule has 0 aromatic rings. The monoisotopic (exact) mass is 363 g/mol. The number of carbonyl (C=O) groups excluding carboxylic acids is 3. The van der Waals surface area contributed by atoms with Gasteiger partial charge < -0.3 is 10.2 Å². The molecule has 2 saturated carbocycles. The van der Waals surface area contributed by atoms with Crippen molar-refractivity contribution in [3.8, 4) is 0 Å². The fourth-order valence-corrected chi connectivity index (χ4v) is 4.20. The smallest absolute Gasteiger partial charge is 0.243 e. The van der Waals surface area contributed by atoms with E-state index in [1.807, 2.05) is 0 Å². The zero-order valence-corrected chi connectivity index (χ0v) is 15.2. The maximum Gasteiger partial charge on any atom is 0.243 e. The fourth-order valence-electron chi connectivity index (χ4n) is 4.20. The standard InChI is InChI=1S/C19H29N3O4/c1-13-8-17(18(24)20-16-6-7-16)22(10-13)19(25)15(11-21(26)12-23)9-14-4-2-3-5-14/h12,14-17,26H,1-11H2,(H,20,24)/t15-,17+/m1/s1. The molecule has 7 nitrogen and oxygen atoms in total. The van der Waals surface area contributed by atoms with Crippen molar-refractivity contribution in [3.63, 3.8) is 0 Å². The Hall–Kier alpha value is -1.89. The zero-order chi connectivity index (χ0) is 18.7. The number of rotatable bonds is 8. The molecule has 3 amide bonds. The van der Waals surface area contributed by atoms with Crippen molar-refractivity contribution in [2.45, 2.75) is 63.5 Å².